The van der Waals surface area contributed by atoms with E-state index < -0.39 is 9.84 Å². The van der Waals surface area contributed by atoms with E-state index in [9.17, 15) is 13.2 Å². The first-order valence-electron chi connectivity index (χ1n) is 4.42. The maximum absolute atomic E-state index is 11.8. The second-order valence-electron chi connectivity index (χ2n) is 3.23. The molecule has 3 nitrogen and oxygen atoms in total. The predicted molar refractivity (Wildman–Crippen MR) is 58.2 cm³/mol. The number of aldehydes is 1. The van der Waals surface area contributed by atoms with Crippen LogP contribution in [0.1, 0.15) is 12.5 Å². The van der Waals surface area contributed by atoms with Crippen LogP contribution in [0.2, 0.25) is 0 Å². The fourth-order valence-corrected chi connectivity index (χ4v) is 2.19. The zero-order chi connectivity index (χ0) is 11.5. The minimum Gasteiger partial charge on any atom is -0.299 e. The fraction of sp³-hybridized carbons (Fsp3) is 0.182. The van der Waals surface area contributed by atoms with Crippen LogP contribution in [0.3, 0.4) is 0 Å². The molecular formula is C11H12O3S. The quantitative estimate of drug-likeness (QED) is 0.581. The van der Waals surface area contributed by atoms with Gasteiger partial charge in [-0.1, -0.05) is 17.7 Å². The van der Waals surface area contributed by atoms with E-state index in [1.807, 2.05) is 6.92 Å². The highest BCUT2D eigenvalue weighted by Crippen LogP contribution is 2.18. The van der Waals surface area contributed by atoms with E-state index in [2.05, 4.69) is 0 Å². The van der Waals surface area contributed by atoms with E-state index in [-0.39, 0.29) is 9.80 Å². The first-order valence-corrected chi connectivity index (χ1v) is 5.90. The van der Waals surface area contributed by atoms with Crippen LogP contribution in [0.15, 0.2) is 40.1 Å². The van der Waals surface area contributed by atoms with Gasteiger partial charge in [-0.15, -0.1) is 0 Å². The Morgan fingerprint density at radius 2 is 1.73 bits per heavy atom. The normalized spacial score (nSPS) is 12.5. The Bertz CT molecular complexity index is 481. The summed E-state index contributed by atoms with van der Waals surface area (Å²) in [4.78, 5) is 10.5. The van der Waals surface area contributed by atoms with Gasteiger partial charge in [0.05, 0.1) is 4.90 Å². The Morgan fingerprint density at radius 1 is 1.20 bits per heavy atom. The number of rotatable bonds is 3. The lowest BCUT2D eigenvalue weighted by molar-refractivity contribution is -0.104. The van der Waals surface area contributed by atoms with Crippen LogP contribution in [-0.2, 0) is 14.6 Å². The zero-order valence-corrected chi connectivity index (χ0v) is 9.41. The second-order valence-corrected chi connectivity index (χ2v) is 5.35. The molecule has 0 fully saturated rings. The Kier molecular flexibility index (Phi) is 3.42. The molecule has 4 heteroatoms. The summed E-state index contributed by atoms with van der Waals surface area (Å²) in [6.07, 6.45) is 1.52. The monoisotopic (exact) mass is 224 g/mol. The molecule has 0 saturated carbocycles. The number of sulfone groups is 1. The van der Waals surface area contributed by atoms with Gasteiger partial charge in [0.15, 0.2) is 0 Å². The van der Waals surface area contributed by atoms with Crippen molar-refractivity contribution in [2.75, 3.05) is 0 Å². The third-order valence-corrected chi connectivity index (χ3v) is 3.93. The van der Waals surface area contributed by atoms with Gasteiger partial charge < -0.3 is 0 Å². The fourth-order valence-electron chi connectivity index (χ4n) is 1.09. The van der Waals surface area contributed by atoms with Crippen molar-refractivity contribution in [3.8, 4) is 0 Å². The van der Waals surface area contributed by atoms with Crippen molar-refractivity contribution in [3.05, 3.63) is 40.8 Å². The molecule has 0 aliphatic carbocycles. The third-order valence-electron chi connectivity index (χ3n) is 2.06. The molecule has 0 aromatic heterocycles. The van der Waals surface area contributed by atoms with Crippen molar-refractivity contribution in [3.63, 3.8) is 0 Å². The van der Waals surface area contributed by atoms with Gasteiger partial charge >= 0.3 is 0 Å². The summed E-state index contributed by atoms with van der Waals surface area (Å²) in [6, 6.07) is 6.52. The van der Waals surface area contributed by atoms with Gasteiger partial charge in [0.2, 0.25) is 9.84 Å². The summed E-state index contributed by atoms with van der Waals surface area (Å²) < 4.78 is 23.6. The first-order chi connectivity index (χ1) is 6.98. The van der Waals surface area contributed by atoms with Crippen molar-refractivity contribution >= 4 is 16.1 Å². The van der Waals surface area contributed by atoms with Crippen LogP contribution < -0.4 is 0 Å². The highest BCUT2D eigenvalue weighted by molar-refractivity contribution is 7.95. The summed E-state index contributed by atoms with van der Waals surface area (Å²) in [7, 11) is -3.49. The van der Waals surface area contributed by atoms with Gasteiger partial charge in [0, 0.05) is 4.91 Å². The van der Waals surface area contributed by atoms with Crippen molar-refractivity contribution in [2.24, 2.45) is 0 Å². The van der Waals surface area contributed by atoms with Gasteiger partial charge in [0.1, 0.15) is 6.29 Å². The molecule has 0 amide bonds. The minimum absolute atomic E-state index is 0.0568. The number of hydrogen-bond donors (Lipinski definition) is 0. The number of allylic oxidation sites excluding steroid dienone is 2. The maximum Gasteiger partial charge on any atom is 0.202 e. The van der Waals surface area contributed by atoms with E-state index >= 15 is 0 Å². The predicted octanol–water partition coefficient (Wildman–Crippen LogP) is 1.87. The van der Waals surface area contributed by atoms with E-state index in [0.29, 0.717) is 6.29 Å². The highest BCUT2D eigenvalue weighted by Gasteiger charge is 2.15. The molecule has 0 heterocycles. The van der Waals surface area contributed by atoms with Crippen LogP contribution in [0.25, 0.3) is 0 Å². The Hall–Kier alpha value is -1.42. The summed E-state index contributed by atoms with van der Waals surface area (Å²) in [6.45, 7) is 3.29. The summed E-state index contributed by atoms with van der Waals surface area (Å²) in [5.74, 6) is 0. The molecule has 80 valence electrons. The van der Waals surface area contributed by atoms with Crippen LogP contribution >= 0.6 is 0 Å². The van der Waals surface area contributed by atoms with Crippen LogP contribution in [0.5, 0.6) is 0 Å². The smallest absolute Gasteiger partial charge is 0.202 e. The molecule has 1 aromatic carbocycles. The number of carbonyl (C=O) groups is 1. The minimum atomic E-state index is -3.49. The molecule has 0 bridgehead atoms. The van der Waals surface area contributed by atoms with Gasteiger partial charge in [-0.25, -0.2) is 8.42 Å². The van der Waals surface area contributed by atoms with Crippen LogP contribution in [0, 0.1) is 6.92 Å². The standard InChI is InChI=1S/C11H12O3S/c1-9-3-5-11(6-4-9)15(13,14)10(2)7-8-12/h3-8H,1-2H3/b10-7+. The molecule has 0 saturated heterocycles. The van der Waals surface area contributed by atoms with Gasteiger partial charge in [0.25, 0.3) is 0 Å². The van der Waals surface area contributed by atoms with Crippen LogP contribution in [0.4, 0.5) is 0 Å². The molecule has 0 unspecified atom stereocenters. The largest absolute Gasteiger partial charge is 0.299 e. The molecule has 0 atom stereocenters. The molecule has 0 aliphatic heterocycles. The zero-order valence-electron chi connectivity index (χ0n) is 8.60. The molecule has 1 rings (SSSR count). The summed E-state index contributed by atoms with van der Waals surface area (Å²) in [5, 5.41) is 0. The summed E-state index contributed by atoms with van der Waals surface area (Å²) >= 11 is 0. The average molecular weight is 224 g/mol. The molecular weight excluding hydrogens is 212 g/mol. The molecule has 0 radical (unpaired) electrons. The lowest BCUT2D eigenvalue weighted by atomic mass is 10.2. The molecule has 15 heavy (non-hydrogen) atoms. The lowest BCUT2D eigenvalue weighted by Gasteiger charge is -2.03. The number of benzene rings is 1. The third kappa shape index (κ3) is 2.53. The van der Waals surface area contributed by atoms with Crippen LogP contribution in [-0.4, -0.2) is 14.7 Å². The van der Waals surface area contributed by atoms with E-state index in [4.69, 9.17) is 0 Å². The topological polar surface area (TPSA) is 51.2 Å². The van der Waals surface area contributed by atoms with Crippen molar-refractivity contribution in [2.45, 2.75) is 18.7 Å². The lowest BCUT2D eigenvalue weighted by Crippen LogP contribution is -2.02. The maximum atomic E-state index is 11.8. The summed E-state index contributed by atoms with van der Waals surface area (Å²) in [5.41, 5.74) is 0.992. The SMILES string of the molecule is C/C(=C\C=O)S(=O)(=O)c1ccc(C)cc1. The highest BCUT2D eigenvalue weighted by atomic mass is 32.2. The number of hydrogen-bond acceptors (Lipinski definition) is 3. The van der Waals surface area contributed by atoms with E-state index in [0.717, 1.165) is 11.6 Å². The molecule has 0 aliphatic rings. The number of aryl methyl sites for hydroxylation is 1. The Labute approximate surface area is 89.4 Å². The van der Waals surface area contributed by atoms with Crippen molar-refractivity contribution in [1.29, 1.82) is 0 Å². The first kappa shape index (κ1) is 11.7. The van der Waals surface area contributed by atoms with Gasteiger partial charge in [-0.2, -0.15) is 0 Å². The van der Waals surface area contributed by atoms with Gasteiger partial charge in [-0.05, 0) is 32.1 Å². The Balaban J connectivity index is 3.23. The van der Waals surface area contributed by atoms with E-state index in [1.165, 1.54) is 19.1 Å². The molecule has 1 aromatic rings. The molecule has 0 spiro atoms. The number of carbonyl (C=O) groups excluding carboxylic acids is 1. The van der Waals surface area contributed by atoms with Gasteiger partial charge in [-0.3, -0.25) is 4.79 Å². The van der Waals surface area contributed by atoms with Crippen molar-refractivity contribution in [1.82, 2.24) is 0 Å². The second kappa shape index (κ2) is 4.40. The van der Waals surface area contributed by atoms with Crippen molar-refractivity contribution < 1.29 is 13.2 Å². The average Bonchev–Trinajstić information content (AvgIpc) is 2.18. The van der Waals surface area contributed by atoms with E-state index in [1.54, 1.807) is 12.1 Å². The molecule has 0 N–H and O–H groups in total. The Morgan fingerprint density at radius 3 is 2.20 bits per heavy atom.